The highest BCUT2D eigenvalue weighted by Crippen LogP contribution is 2.50. The van der Waals surface area contributed by atoms with Crippen molar-refractivity contribution < 1.29 is 14.6 Å². The summed E-state index contributed by atoms with van der Waals surface area (Å²) in [6.45, 7) is 1.48. The van der Waals surface area contributed by atoms with Crippen LogP contribution < -0.4 is 0 Å². The molecule has 1 unspecified atom stereocenters. The van der Waals surface area contributed by atoms with E-state index < -0.39 is 0 Å². The lowest BCUT2D eigenvalue weighted by Crippen LogP contribution is -2.39. The van der Waals surface area contributed by atoms with E-state index in [-0.39, 0.29) is 17.3 Å². The zero-order chi connectivity index (χ0) is 10.4. The molecule has 3 aliphatic rings. The van der Waals surface area contributed by atoms with Crippen LogP contribution in [-0.2, 0) is 9.47 Å². The topological polar surface area (TPSA) is 38.7 Å². The second-order valence-corrected chi connectivity index (χ2v) is 5.10. The van der Waals surface area contributed by atoms with Gasteiger partial charge in [0.1, 0.15) is 0 Å². The maximum atomic E-state index is 9.55. The summed E-state index contributed by atoms with van der Waals surface area (Å²) in [6.07, 6.45) is 8.93. The fourth-order valence-corrected chi connectivity index (χ4v) is 3.15. The predicted molar refractivity (Wildman–Crippen MR) is 55.3 cm³/mol. The summed E-state index contributed by atoms with van der Waals surface area (Å²) in [5.74, 6) is -0.271. The Hall–Kier alpha value is -0.380. The Labute approximate surface area is 90.1 Å². The Kier molecular flexibility index (Phi) is 2.16. The monoisotopic (exact) mass is 210 g/mol. The molecular formula is C12H18O3. The Bertz CT molecular complexity index is 269. The fourth-order valence-electron chi connectivity index (χ4n) is 3.15. The maximum absolute atomic E-state index is 9.55. The van der Waals surface area contributed by atoms with Gasteiger partial charge < -0.3 is 14.6 Å². The molecule has 2 fully saturated rings. The normalized spacial score (nSPS) is 36.7. The molecule has 1 atom stereocenters. The van der Waals surface area contributed by atoms with Crippen LogP contribution in [0.4, 0.5) is 0 Å². The average molecular weight is 210 g/mol. The van der Waals surface area contributed by atoms with E-state index in [4.69, 9.17) is 9.47 Å². The standard InChI is InChI=1S/C12H18O3/c13-10-1-2-11(9-10)3-5-12(6-4-11)14-7-8-15-12/h1-2,10,13H,3-9H2. The summed E-state index contributed by atoms with van der Waals surface area (Å²) in [5.41, 5.74) is 0.236. The molecule has 1 aliphatic heterocycles. The number of allylic oxidation sites excluding steroid dienone is 1. The molecular weight excluding hydrogens is 192 g/mol. The molecule has 3 heteroatoms. The number of aliphatic hydroxyl groups is 1. The molecule has 0 radical (unpaired) electrons. The molecule has 3 rings (SSSR count). The van der Waals surface area contributed by atoms with Crippen molar-refractivity contribution in [3.8, 4) is 0 Å². The Balaban J connectivity index is 1.68. The lowest BCUT2D eigenvalue weighted by Gasteiger charge is -2.40. The van der Waals surface area contributed by atoms with Gasteiger partial charge in [-0.1, -0.05) is 12.2 Å². The second-order valence-electron chi connectivity index (χ2n) is 5.10. The van der Waals surface area contributed by atoms with E-state index >= 15 is 0 Å². The van der Waals surface area contributed by atoms with E-state index in [1.54, 1.807) is 0 Å². The molecule has 1 heterocycles. The summed E-state index contributed by atoms with van der Waals surface area (Å²) in [6, 6.07) is 0. The Morgan fingerprint density at radius 1 is 1.07 bits per heavy atom. The van der Waals surface area contributed by atoms with Gasteiger partial charge in [-0.15, -0.1) is 0 Å². The van der Waals surface area contributed by atoms with Crippen molar-refractivity contribution in [1.82, 2.24) is 0 Å². The number of hydrogen-bond acceptors (Lipinski definition) is 3. The van der Waals surface area contributed by atoms with Crippen molar-refractivity contribution in [2.24, 2.45) is 5.41 Å². The molecule has 0 amide bonds. The highest BCUT2D eigenvalue weighted by Gasteiger charge is 2.46. The Morgan fingerprint density at radius 2 is 1.73 bits per heavy atom. The number of rotatable bonds is 0. The van der Waals surface area contributed by atoms with Gasteiger partial charge in [-0.05, 0) is 24.7 Å². The predicted octanol–water partition coefficient (Wildman–Crippen LogP) is 1.61. The lowest BCUT2D eigenvalue weighted by atomic mass is 9.71. The summed E-state index contributed by atoms with van der Waals surface area (Å²) in [7, 11) is 0. The fraction of sp³-hybridized carbons (Fsp3) is 0.833. The van der Waals surface area contributed by atoms with Gasteiger partial charge in [-0.2, -0.15) is 0 Å². The minimum atomic E-state index is -0.271. The van der Waals surface area contributed by atoms with Gasteiger partial charge in [-0.25, -0.2) is 0 Å². The van der Waals surface area contributed by atoms with Crippen LogP contribution in [0.3, 0.4) is 0 Å². The minimum Gasteiger partial charge on any atom is -0.389 e. The molecule has 2 aliphatic carbocycles. The molecule has 0 aromatic heterocycles. The van der Waals surface area contributed by atoms with E-state index in [0.29, 0.717) is 0 Å². The number of aliphatic hydroxyl groups excluding tert-OH is 1. The van der Waals surface area contributed by atoms with Gasteiger partial charge in [0.05, 0.1) is 19.3 Å². The highest BCUT2D eigenvalue weighted by atomic mass is 16.7. The number of hydrogen-bond donors (Lipinski definition) is 1. The van der Waals surface area contributed by atoms with Crippen molar-refractivity contribution >= 4 is 0 Å². The molecule has 2 spiro atoms. The average Bonchev–Trinajstić information content (AvgIpc) is 2.81. The SMILES string of the molecule is OC1C=CC2(CCC3(CC2)OCCO3)C1. The second kappa shape index (κ2) is 3.30. The summed E-state index contributed by atoms with van der Waals surface area (Å²) < 4.78 is 11.4. The van der Waals surface area contributed by atoms with Crippen LogP contribution in [0.1, 0.15) is 32.1 Å². The largest absolute Gasteiger partial charge is 0.389 e. The van der Waals surface area contributed by atoms with E-state index in [1.165, 1.54) is 0 Å². The first-order chi connectivity index (χ1) is 7.22. The molecule has 0 bridgehead atoms. The van der Waals surface area contributed by atoms with Crippen LogP contribution in [-0.4, -0.2) is 30.2 Å². The van der Waals surface area contributed by atoms with E-state index in [2.05, 4.69) is 6.08 Å². The van der Waals surface area contributed by atoms with Gasteiger partial charge >= 0.3 is 0 Å². The molecule has 0 aromatic carbocycles. The van der Waals surface area contributed by atoms with E-state index in [1.807, 2.05) is 6.08 Å². The zero-order valence-corrected chi connectivity index (χ0v) is 8.95. The van der Waals surface area contributed by atoms with Crippen LogP contribution in [0.25, 0.3) is 0 Å². The summed E-state index contributed by atoms with van der Waals surface area (Å²) in [4.78, 5) is 0. The van der Waals surface area contributed by atoms with Crippen molar-refractivity contribution in [2.45, 2.75) is 44.0 Å². The van der Waals surface area contributed by atoms with Gasteiger partial charge in [0.15, 0.2) is 5.79 Å². The van der Waals surface area contributed by atoms with Crippen LogP contribution >= 0.6 is 0 Å². The molecule has 1 saturated heterocycles. The zero-order valence-electron chi connectivity index (χ0n) is 8.95. The van der Waals surface area contributed by atoms with Gasteiger partial charge in [-0.3, -0.25) is 0 Å². The van der Waals surface area contributed by atoms with Crippen LogP contribution in [0.15, 0.2) is 12.2 Å². The van der Waals surface area contributed by atoms with Gasteiger partial charge in [0.2, 0.25) is 0 Å². The first kappa shape index (κ1) is 9.82. The summed E-state index contributed by atoms with van der Waals surface area (Å²) in [5, 5.41) is 9.55. The van der Waals surface area contributed by atoms with Crippen LogP contribution in [0, 0.1) is 5.41 Å². The molecule has 15 heavy (non-hydrogen) atoms. The molecule has 84 valence electrons. The molecule has 0 aromatic rings. The third-order valence-electron chi connectivity index (χ3n) is 4.11. The van der Waals surface area contributed by atoms with Gasteiger partial charge in [0.25, 0.3) is 0 Å². The first-order valence-corrected chi connectivity index (χ1v) is 5.88. The van der Waals surface area contributed by atoms with E-state index in [0.717, 1.165) is 45.3 Å². The smallest absolute Gasteiger partial charge is 0.168 e. The highest BCUT2D eigenvalue weighted by molar-refractivity contribution is 5.13. The van der Waals surface area contributed by atoms with Gasteiger partial charge in [0, 0.05) is 12.8 Å². The quantitative estimate of drug-likeness (QED) is 0.617. The first-order valence-electron chi connectivity index (χ1n) is 5.88. The Morgan fingerprint density at radius 3 is 2.27 bits per heavy atom. The lowest BCUT2D eigenvalue weighted by molar-refractivity contribution is -0.188. The van der Waals surface area contributed by atoms with Crippen molar-refractivity contribution in [2.75, 3.05) is 13.2 Å². The van der Waals surface area contributed by atoms with Crippen molar-refractivity contribution in [3.05, 3.63) is 12.2 Å². The third kappa shape index (κ3) is 1.63. The molecule has 1 N–H and O–H groups in total. The van der Waals surface area contributed by atoms with Crippen molar-refractivity contribution in [3.63, 3.8) is 0 Å². The summed E-state index contributed by atoms with van der Waals surface area (Å²) >= 11 is 0. The minimum absolute atomic E-state index is 0.232. The van der Waals surface area contributed by atoms with E-state index in [9.17, 15) is 5.11 Å². The molecule has 3 nitrogen and oxygen atoms in total. The van der Waals surface area contributed by atoms with Crippen LogP contribution in [0.5, 0.6) is 0 Å². The number of ether oxygens (including phenoxy) is 2. The molecule has 1 saturated carbocycles. The van der Waals surface area contributed by atoms with Crippen molar-refractivity contribution in [1.29, 1.82) is 0 Å². The van der Waals surface area contributed by atoms with Crippen LogP contribution in [0.2, 0.25) is 0 Å². The maximum Gasteiger partial charge on any atom is 0.168 e. The third-order valence-corrected chi connectivity index (χ3v) is 4.11.